The van der Waals surface area contributed by atoms with Gasteiger partial charge in [0.2, 0.25) is 0 Å². The van der Waals surface area contributed by atoms with E-state index >= 15 is 0 Å². The number of aliphatic carboxylic acids is 1. The fraction of sp³-hybridized carbons (Fsp3) is 0.417. The Hall–Kier alpha value is -1.58. The molecule has 0 heterocycles. The summed E-state index contributed by atoms with van der Waals surface area (Å²) in [6, 6.07) is 4.08. The summed E-state index contributed by atoms with van der Waals surface area (Å²) in [7, 11) is 0. The van der Waals surface area contributed by atoms with E-state index in [0.717, 1.165) is 18.4 Å². The van der Waals surface area contributed by atoms with E-state index in [2.05, 4.69) is 5.32 Å². The second-order valence-electron chi connectivity index (χ2n) is 4.28. The summed E-state index contributed by atoms with van der Waals surface area (Å²) in [5, 5.41) is 11.8. The maximum atomic E-state index is 13.5. The Morgan fingerprint density at radius 2 is 2.25 bits per heavy atom. The molecule has 0 radical (unpaired) electrons. The SMILES string of the molecule is Cc1ccc(NC(C(=O)O)C2CC2)c(F)c1. The summed E-state index contributed by atoms with van der Waals surface area (Å²) in [5.74, 6) is -1.17. The lowest BCUT2D eigenvalue weighted by Crippen LogP contribution is -2.31. The number of aryl methyl sites for hydroxylation is 1. The van der Waals surface area contributed by atoms with E-state index < -0.39 is 17.8 Å². The molecule has 86 valence electrons. The Kier molecular flexibility index (Phi) is 2.81. The van der Waals surface area contributed by atoms with Gasteiger partial charge in [-0.2, -0.15) is 0 Å². The molecule has 0 aliphatic heterocycles. The van der Waals surface area contributed by atoms with Crippen LogP contribution in [0.4, 0.5) is 10.1 Å². The second-order valence-corrected chi connectivity index (χ2v) is 4.28. The minimum Gasteiger partial charge on any atom is -0.480 e. The van der Waals surface area contributed by atoms with Crippen LogP contribution in [-0.4, -0.2) is 17.1 Å². The number of carbonyl (C=O) groups is 1. The first-order chi connectivity index (χ1) is 7.58. The van der Waals surface area contributed by atoms with Crippen LogP contribution in [0.3, 0.4) is 0 Å². The van der Waals surface area contributed by atoms with Crippen LogP contribution in [0.2, 0.25) is 0 Å². The number of nitrogens with one attached hydrogen (secondary N) is 1. The molecule has 1 fully saturated rings. The van der Waals surface area contributed by atoms with Crippen molar-refractivity contribution in [2.45, 2.75) is 25.8 Å². The zero-order valence-electron chi connectivity index (χ0n) is 9.03. The van der Waals surface area contributed by atoms with Crippen molar-refractivity contribution in [3.05, 3.63) is 29.6 Å². The Morgan fingerprint density at radius 1 is 1.56 bits per heavy atom. The van der Waals surface area contributed by atoms with Gasteiger partial charge in [0.15, 0.2) is 0 Å². The molecule has 1 aromatic rings. The monoisotopic (exact) mass is 223 g/mol. The third kappa shape index (κ3) is 2.32. The van der Waals surface area contributed by atoms with Crippen LogP contribution < -0.4 is 5.32 Å². The van der Waals surface area contributed by atoms with Gasteiger partial charge in [0.05, 0.1) is 5.69 Å². The van der Waals surface area contributed by atoms with E-state index in [4.69, 9.17) is 5.11 Å². The quantitative estimate of drug-likeness (QED) is 0.824. The predicted molar refractivity (Wildman–Crippen MR) is 58.9 cm³/mol. The first-order valence-corrected chi connectivity index (χ1v) is 5.33. The summed E-state index contributed by atoms with van der Waals surface area (Å²) in [5.41, 5.74) is 1.09. The summed E-state index contributed by atoms with van der Waals surface area (Å²) in [6.45, 7) is 1.79. The maximum absolute atomic E-state index is 13.5. The van der Waals surface area contributed by atoms with E-state index in [9.17, 15) is 9.18 Å². The smallest absolute Gasteiger partial charge is 0.326 e. The summed E-state index contributed by atoms with van der Waals surface area (Å²) >= 11 is 0. The number of carboxylic acid groups (broad SMARTS) is 1. The van der Waals surface area contributed by atoms with Crippen LogP contribution in [-0.2, 0) is 4.79 Å². The molecule has 0 amide bonds. The zero-order valence-corrected chi connectivity index (χ0v) is 9.03. The van der Waals surface area contributed by atoms with Gasteiger partial charge >= 0.3 is 5.97 Å². The van der Waals surface area contributed by atoms with Gasteiger partial charge < -0.3 is 10.4 Å². The molecule has 1 aromatic carbocycles. The fourth-order valence-electron chi connectivity index (χ4n) is 1.72. The van der Waals surface area contributed by atoms with Gasteiger partial charge in [-0.25, -0.2) is 9.18 Å². The minimum atomic E-state index is -0.914. The number of carboxylic acids is 1. The zero-order chi connectivity index (χ0) is 11.7. The van der Waals surface area contributed by atoms with Crippen molar-refractivity contribution in [2.24, 2.45) is 5.92 Å². The molecule has 16 heavy (non-hydrogen) atoms. The van der Waals surface area contributed by atoms with E-state index in [1.165, 1.54) is 6.07 Å². The summed E-state index contributed by atoms with van der Waals surface area (Å²) < 4.78 is 13.5. The van der Waals surface area contributed by atoms with Gasteiger partial charge in [0.1, 0.15) is 11.9 Å². The predicted octanol–water partition coefficient (Wildman–Crippen LogP) is 2.41. The molecule has 2 rings (SSSR count). The molecule has 2 N–H and O–H groups in total. The first kappa shape index (κ1) is 10.9. The molecule has 1 atom stereocenters. The summed E-state index contributed by atoms with van der Waals surface area (Å²) in [4.78, 5) is 11.0. The molecular weight excluding hydrogens is 209 g/mol. The Morgan fingerprint density at radius 3 is 2.75 bits per heavy atom. The molecule has 4 heteroatoms. The van der Waals surface area contributed by atoms with Crippen molar-refractivity contribution >= 4 is 11.7 Å². The number of benzene rings is 1. The minimum absolute atomic E-state index is 0.137. The number of anilines is 1. The highest BCUT2D eigenvalue weighted by Crippen LogP contribution is 2.34. The molecule has 0 spiro atoms. The van der Waals surface area contributed by atoms with Crippen molar-refractivity contribution in [3.63, 3.8) is 0 Å². The lowest BCUT2D eigenvalue weighted by Gasteiger charge is -2.15. The average Bonchev–Trinajstić information content (AvgIpc) is 2.99. The van der Waals surface area contributed by atoms with Crippen molar-refractivity contribution in [3.8, 4) is 0 Å². The Balaban J connectivity index is 2.15. The van der Waals surface area contributed by atoms with Crippen LogP contribution in [0, 0.1) is 18.7 Å². The number of hydrogen-bond acceptors (Lipinski definition) is 2. The number of halogens is 1. The largest absolute Gasteiger partial charge is 0.480 e. The van der Waals surface area contributed by atoms with Gasteiger partial charge in [0.25, 0.3) is 0 Å². The van der Waals surface area contributed by atoms with E-state index in [-0.39, 0.29) is 11.6 Å². The molecule has 1 aliphatic carbocycles. The Labute approximate surface area is 93.3 Å². The van der Waals surface area contributed by atoms with Gasteiger partial charge in [0, 0.05) is 0 Å². The topological polar surface area (TPSA) is 49.3 Å². The number of hydrogen-bond donors (Lipinski definition) is 2. The molecule has 3 nitrogen and oxygen atoms in total. The van der Waals surface area contributed by atoms with E-state index in [1.807, 2.05) is 0 Å². The highest BCUT2D eigenvalue weighted by Gasteiger charge is 2.36. The van der Waals surface area contributed by atoms with Crippen LogP contribution in [0.1, 0.15) is 18.4 Å². The van der Waals surface area contributed by atoms with Gasteiger partial charge in [-0.05, 0) is 43.4 Å². The third-order valence-electron chi connectivity index (χ3n) is 2.80. The standard InChI is InChI=1S/C12H14FNO2/c1-7-2-5-10(9(13)6-7)14-11(12(15)16)8-3-4-8/h2,5-6,8,11,14H,3-4H2,1H3,(H,15,16). The molecule has 1 saturated carbocycles. The molecule has 0 aromatic heterocycles. The van der Waals surface area contributed by atoms with Gasteiger partial charge in [-0.1, -0.05) is 6.07 Å². The Bertz CT molecular complexity index is 415. The number of rotatable bonds is 4. The van der Waals surface area contributed by atoms with Gasteiger partial charge in [-0.3, -0.25) is 0 Å². The highest BCUT2D eigenvalue weighted by molar-refractivity contribution is 5.78. The summed E-state index contributed by atoms with van der Waals surface area (Å²) in [6.07, 6.45) is 1.80. The van der Waals surface area contributed by atoms with Gasteiger partial charge in [-0.15, -0.1) is 0 Å². The normalized spacial score (nSPS) is 16.9. The van der Waals surface area contributed by atoms with Crippen molar-refractivity contribution in [1.29, 1.82) is 0 Å². The van der Waals surface area contributed by atoms with Crippen LogP contribution in [0.5, 0.6) is 0 Å². The van der Waals surface area contributed by atoms with E-state index in [0.29, 0.717) is 0 Å². The first-order valence-electron chi connectivity index (χ1n) is 5.33. The molecular formula is C12H14FNO2. The van der Waals surface area contributed by atoms with Crippen LogP contribution >= 0.6 is 0 Å². The van der Waals surface area contributed by atoms with Crippen molar-refractivity contribution < 1.29 is 14.3 Å². The van der Waals surface area contributed by atoms with Crippen molar-refractivity contribution in [1.82, 2.24) is 0 Å². The lowest BCUT2D eigenvalue weighted by molar-refractivity contribution is -0.138. The average molecular weight is 223 g/mol. The van der Waals surface area contributed by atoms with Crippen LogP contribution in [0.25, 0.3) is 0 Å². The van der Waals surface area contributed by atoms with E-state index in [1.54, 1.807) is 19.1 Å². The molecule has 1 aliphatic rings. The second kappa shape index (κ2) is 4.12. The molecule has 0 bridgehead atoms. The molecule has 0 saturated heterocycles. The maximum Gasteiger partial charge on any atom is 0.326 e. The van der Waals surface area contributed by atoms with Crippen LogP contribution in [0.15, 0.2) is 18.2 Å². The molecule has 1 unspecified atom stereocenters. The lowest BCUT2D eigenvalue weighted by atomic mass is 10.1. The third-order valence-corrected chi connectivity index (χ3v) is 2.80. The fourth-order valence-corrected chi connectivity index (χ4v) is 1.72. The van der Waals surface area contributed by atoms with Crippen molar-refractivity contribution in [2.75, 3.05) is 5.32 Å². The highest BCUT2D eigenvalue weighted by atomic mass is 19.1.